The molecule has 52 valence electrons. The fourth-order valence-corrected chi connectivity index (χ4v) is 1.03. The second-order valence-corrected chi connectivity index (χ2v) is 3.42. The van der Waals surface area contributed by atoms with Gasteiger partial charge in [0.05, 0.1) is 0 Å². The second-order valence-electron chi connectivity index (χ2n) is 1.98. The van der Waals surface area contributed by atoms with E-state index in [0.29, 0.717) is 4.83 Å². The summed E-state index contributed by atoms with van der Waals surface area (Å²) in [5.41, 5.74) is 1.20. The third-order valence-electron chi connectivity index (χ3n) is 0.825. The van der Waals surface area contributed by atoms with E-state index < -0.39 is 0 Å². The lowest BCUT2D eigenvalue weighted by Gasteiger charge is -1.92. The Kier molecular flexibility index (Phi) is 4.68. The van der Waals surface area contributed by atoms with Crippen molar-refractivity contribution in [2.75, 3.05) is 7.05 Å². The maximum Gasteiger partial charge on any atom is 0.0303 e. The molecule has 0 aromatic rings. The number of rotatable bonds is 2. The monoisotopic (exact) mass is 189 g/mol. The van der Waals surface area contributed by atoms with Gasteiger partial charge in [-0.3, -0.25) is 4.99 Å². The Labute approximate surface area is 65.0 Å². The first-order valence-electron chi connectivity index (χ1n) is 2.91. The van der Waals surface area contributed by atoms with Crippen LogP contribution >= 0.6 is 15.9 Å². The van der Waals surface area contributed by atoms with Crippen molar-refractivity contribution in [2.45, 2.75) is 18.7 Å². The molecule has 0 aromatic heterocycles. The molecule has 0 saturated carbocycles. The number of allylic oxidation sites excluding steroid dienone is 2. The van der Waals surface area contributed by atoms with Crippen LogP contribution < -0.4 is 0 Å². The lowest BCUT2D eigenvalue weighted by atomic mass is 10.3. The van der Waals surface area contributed by atoms with Crippen LogP contribution in [0.15, 0.2) is 16.6 Å². The molecule has 1 unspecified atom stereocenters. The second kappa shape index (κ2) is 4.74. The smallest absolute Gasteiger partial charge is 0.0303 e. The van der Waals surface area contributed by atoms with Crippen molar-refractivity contribution >= 4 is 22.1 Å². The summed E-state index contributed by atoms with van der Waals surface area (Å²) in [6.07, 6.45) is 3.95. The summed E-state index contributed by atoms with van der Waals surface area (Å²) in [5.74, 6) is 0. The van der Waals surface area contributed by atoms with E-state index in [-0.39, 0.29) is 0 Å². The summed E-state index contributed by atoms with van der Waals surface area (Å²) in [6.45, 7) is 4.11. The summed E-state index contributed by atoms with van der Waals surface area (Å²) < 4.78 is 0. The van der Waals surface area contributed by atoms with Gasteiger partial charge in [0.25, 0.3) is 0 Å². The van der Waals surface area contributed by atoms with E-state index in [2.05, 4.69) is 33.9 Å². The predicted octanol–water partition coefficient (Wildman–Crippen LogP) is 2.42. The molecule has 1 atom stereocenters. The third-order valence-corrected chi connectivity index (χ3v) is 1.09. The van der Waals surface area contributed by atoms with Gasteiger partial charge in [-0.05, 0) is 19.4 Å². The van der Waals surface area contributed by atoms with E-state index >= 15 is 0 Å². The van der Waals surface area contributed by atoms with Crippen molar-refractivity contribution in [3.63, 3.8) is 0 Å². The van der Waals surface area contributed by atoms with Crippen molar-refractivity contribution < 1.29 is 0 Å². The van der Waals surface area contributed by atoms with Crippen LogP contribution in [0.1, 0.15) is 13.8 Å². The molecule has 0 N–H and O–H groups in total. The average Bonchev–Trinajstić information content (AvgIpc) is 1.63. The van der Waals surface area contributed by atoms with E-state index in [9.17, 15) is 0 Å². The average molecular weight is 190 g/mol. The highest BCUT2D eigenvalue weighted by Crippen LogP contribution is 2.01. The van der Waals surface area contributed by atoms with Gasteiger partial charge in [0, 0.05) is 18.1 Å². The SMILES string of the molecule is C/N=C\C(C)=C/C(C)Br. The van der Waals surface area contributed by atoms with Crippen molar-refractivity contribution in [1.82, 2.24) is 0 Å². The van der Waals surface area contributed by atoms with Gasteiger partial charge in [0.1, 0.15) is 0 Å². The zero-order chi connectivity index (χ0) is 7.28. The van der Waals surface area contributed by atoms with E-state index in [1.807, 2.05) is 13.1 Å². The van der Waals surface area contributed by atoms with Gasteiger partial charge in [-0.25, -0.2) is 0 Å². The fourth-order valence-electron chi connectivity index (χ4n) is 0.609. The first kappa shape index (κ1) is 8.89. The molecule has 0 bridgehead atoms. The van der Waals surface area contributed by atoms with Gasteiger partial charge >= 0.3 is 0 Å². The molecule has 0 radical (unpaired) electrons. The predicted molar refractivity (Wildman–Crippen MR) is 46.6 cm³/mol. The molecule has 0 saturated heterocycles. The van der Waals surface area contributed by atoms with Gasteiger partial charge in [-0.15, -0.1) is 0 Å². The number of hydrogen-bond donors (Lipinski definition) is 0. The minimum Gasteiger partial charge on any atom is -0.296 e. The van der Waals surface area contributed by atoms with Gasteiger partial charge in [-0.2, -0.15) is 0 Å². The van der Waals surface area contributed by atoms with Crippen LogP contribution in [-0.4, -0.2) is 18.1 Å². The molecule has 0 rings (SSSR count). The van der Waals surface area contributed by atoms with Crippen LogP contribution in [0.5, 0.6) is 0 Å². The summed E-state index contributed by atoms with van der Waals surface area (Å²) in [5, 5.41) is 0. The van der Waals surface area contributed by atoms with Gasteiger partial charge in [0.15, 0.2) is 0 Å². The van der Waals surface area contributed by atoms with E-state index in [1.54, 1.807) is 7.05 Å². The van der Waals surface area contributed by atoms with E-state index in [1.165, 1.54) is 5.57 Å². The summed E-state index contributed by atoms with van der Waals surface area (Å²) in [4.78, 5) is 4.31. The van der Waals surface area contributed by atoms with Gasteiger partial charge in [0.2, 0.25) is 0 Å². The summed E-state index contributed by atoms with van der Waals surface area (Å²) in [7, 11) is 1.77. The maximum absolute atomic E-state index is 3.87. The minimum absolute atomic E-state index is 0.440. The normalized spacial score (nSPS) is 16.7. The zero-order valence-corrected chi connectivity index (χ0v) is 7.64. The molecule has 9 heavy (non-hydrogen) atoms. The largest absolute Gasteiger partial charge is 0.296 e. The molecule has 0 aliphatic rings. The highest BCUT2D eigenvalue weighted by Gasteiger charge is 1.87. The maximum atomic E-state index is 3.87. The van der Waals surface area contributed by atoms with Crippen molar-refractivity contribution in [3.8, 4) is 0 Å². The Bertz CT molecular complexity index is 125. The Morgan fingerprint density at radius 3 is 2.56 bits per heavy atom. The minimum atomic E-state index is 0.440. The summed E-state index contributed by atoms with van der Waals surface area (Å²) >= 11 is 3.41. The van der Waals surface area contributed by atoms with Crippen LogP contribution in [-0.2, 0) is 0 Å². The number of aliphatic imine (C=N–C) groups is 1. The lowest BCUT2D eigenvalue weighted by Crippen LogP contribution is -1.85. The molecule has 0 amide bonds. The molecule has 2 heteroatoms. The van der Waals surface area contributed by atoms with Gasteiger partial charge in [-0.1, -0.05) is 22.0 Å². The van der Waals surface area contributed by atoms with Crippen molar-refractivity contribution in [2.24, 2.45) is 4.99 Å². The topological polar surface area (TPSA) is 12.4 Å². The molecule has 0 spiro atoms. The standard InChI is InChI=1S/C7H12BrN/c1-6(5-9-3)4-7(2)8/h4-5,7H,1-3H3/b6-4-,9-5-. The van der Waals surface area contributed by atoms with Crippen LogP contribution in [0.4, 0.5) is 0 Å². The first-order valence-corrected chi connectivity index (χ1v) is 3.83. The first-order chi connectivity index (χ1) is 4.16. The molecular formula is C7H12BrN. The molecule has 0 heterocycles. The third kappa shape index (κ3) is 5.77. The Morgan fingerprint density at radius 2 is 2.22 bits per heavy atom. The van der Waals surface area contributed by atoms with Crippen molar-refractivity contribution in [3.05, 3.63) is 11.6 Å². The molecule has 0 aromatic carbocycles. The van der Waals surface area contributed by atoms with Crippen LogP contribution in [0.3, 0.4) is 0 Å². The van der Waals surface area contributed by atoms with Crippen molar-refractivity contribution in [1.29, 1.82) is 0 Å². The summed E-state index contributed by atoms with van der Waals surface area (Å²) in [6, 6.07) is 0. The quantitative estimate of drug-likeness (QED) is 0.468. The van der Waals surface area contributed by atoms with E-state index in [0.717, 1.165) is 0 Å². The number of halogens is 1. The Balaban J connectivity index is 3.84. The Hall–Kier alpha value is -0.110. The number of alkyl halides is 1. The lowest BCUT2D eigenvalue weighted by molar-refractivity contribution is 1.25. The van der Waals surface area contributed by atoms with Crippen LogP contribution in [0.25, 0.3) is 0 Å². The Morgan fingerprint density at radius 1 is 1.67 bits per heavy atom. The molecule has 1 nitrogen and oxygen atoms in total. The number of hydrogen-bond acceptors (Lipinski definition) is 1. The zero-order valence-electron chi connectivity index (χ0n) is 6.06. The highest BCUT2D eigenvalue weighted by atomic mass is 79.9. The molecular weight excluding hydrogens is 178 g/mol. The van der Waals surface area contributed by atoms with E-state index in [4.69, 9.17) is 0 Å². The number of nitrogens with zero attached hydrogens (tertiary/aromatic N) is 1. The van der Waals surface area contributed by atoms with Crippen LogP contribution in [0, 0.1) is 0 Å². The molecule has 0 aliphatic heterocycles. The van der Waals surface area contributed by atoms with Gasteiger partial charge < -0.3 is 0 Å². The highest BCUT2D eigenvalue weighted by molar-refractivity contribution is 9.09. The fraction of sp³-hybridized carbons (Fsp3) is 0.571. The van der Waals surface area contributed by atoms with Crippen LogP contribution in [0.2, 0.25) is 0 Å². The molecule has 0 aliphatic carbocycles. The molecule has 0 fully saturated rings.